The molecule has 2 aliphatic rings. The lowest BCUT2D eigenvalue weighted by Crippen LogP contribution is -2.66. The number of aliphatic hydroxyl groups excluding tert-OH is 1. The molecule has 1 saturated carbocycles. The topological polar surface area (TPSA) is 64.6 Å². The van der Waals surface area contributed by atoms with Crippen LogP contribution in [-0.4, -0.2) is 59.8 Å². The van der Waals surface area contributed by atoms with Crippen LogP contribution in [0.4, 0.5) is 0 Å². The molecule has 5 heteroatoms. The summed E-state index contributed by atoms with van der Waals surface area (Å²) in [5.74, 6) is 0.0689. The van der Waals surface area contributed by atoms with E-state index in [1.165, 1.54) is 0 Å². The Kier molecular flexibility index (Phi) is 3.91. The van der Waals surface area contributed by atoms with Gasteiger partial charge in [0.15, 0.2) is 0 Å². The fourth-order valence-electron chi connectivity index (χ4n) is 2.85. The number of carbonyl (C=O) groups is 1. The van der Waals surface area contributed by atoms with Gasteiger partial charge in [-0.05, 0) is 20.3 Å². The highest BCUT2D eigenvalue weighted by Gasteiger charge is 2.49. The number of carbonyl (C=O) groups excluding carboxylic acids is 1. The highest BCUT2D eigenvalue weighted by atomic mass is 16.3. The van der Waals surface area contributed by atoms with Crippen LogP contribution in [0.3, 0.4) is 0 Å². The Morgan fingerprint density at radius 2 is 1.95 bits per heavy atom. The van der Waals surface area contributed by atoms with Crippen LogP contribution in [0.25, 0.3) is 0 Å². The molecule has 1 amide bonds. The Hall–Kier alpha value is -0.650. The molecule has 0 aromatic heterocycles. The van der Waals surface area contributed by atoms with Crippen molar-refractivity contribution in [3.63, 3.8) is 0 Å². The highest BCUT2D eigenvalue weighted by Crippen LogP contribution is 2.40. The van der Waals surface area contributed by atoms with Crippen LogP contribution in [0, 0.1) is 5.41 Å². The maximum Gasteiger partial charge on any atom is 0.240 e. The Morgan fingerprint density at radius 1 is 1.37 bits per heavy atom. The fourth-order valence-corrected chi connectivity index (χ4v) is 2.85. The molecule has 0 aromatic rings. The molecular formula is C14H27N3O2. The second-order valence-corrected chi connectivity index (χ2v) is 6.89. The summed E-state index contributed by atoms with van der Waals surface area (Å²) in [6.07, 6.45) is 0.358. The molecule has 5 nitrogen and oxygen atoms in total. The van der Waals surface area contributed by atoms with E-state index in [1.54, 1.807) is 0 Å². The Bertz CT molecular complexity index is 349. The normalized spacial score (nSPS) is 31.6. The summed E-state index contributed by atoms with van der Waals surface area (Å²) in [7, 11) is 0. The number of hydrogen-bond acceptors (Lipinski definition) is 4. The number of nitrogens with one attached hydrogen (secondary N) is 2. The van der Waals surface area contributed by atoms with E-state index in [2.05, 4.69) is 15.5 Å². The van der Waals surface area contributed by atoms with Gasteiger partial charge in [0, 0.05) is 37.6 Å². The van der Waals surface area contributed by atoms with Crippen molar-refractivity contribution >= 4 is 5.91 Å². The molecule has 0 aromatic carbocycles. The molecule has 1 aliphatic carbocycles. The van der Waals surface area contributed by atoms with Gasteiger partial charge in [0.25, 0.3) is 0 Å². The average Bonchev–Trinajstić information content (AvgIpc) is 2.39. The molecule has 2 unspecified atom stereocenters. The zero-order valence-electron chi connectivity index (χ0n) is 12.5. The molecule has 1 heterocycles. The van der Waals surface area contributed by atoms with E-state index >= 15 is 0 Å². The van der Waals surface area contributed by atoms with Crippen molar-refractivity contribution in [1.82, 2.24) is 15.5 Å². The summed E-state index contributed by atoms with van der Waals surface area (Å²) in [5.41, 5.74) is -0.700. The summed E-state index contributed by atoms with van der Waals surface area (Å²) in [6.45, 7) is 11.6. The smallest absolute Gasteiger partial charge is 0.240 e. The third kappa shape index (κ3) is 2.64. The van der Waals surface area contributed by atoms with Gasteiger partial charge in [-0.15, -0.1) is 0 Å². The maximum atomic E-state index is 12.5. The molecule has 1 saturated heterocycles. The van der Waals surface area contributed by atoms with Crippen LogP contribution in [0.1, 0.15) is 34.1 Å². The Balaban J connectivity index is 1.95. The monoisotopic (exact) mass is 269 g/mol. The summed E-state index contributed by atoms with van der Waals surface area (Å²) < 4.78 is 0. The number of amides is 1. The van der Waals surface area contributed by atoms with Crippen molar-refractivity contribution in [3.8, 4) is 0 Å². The van der Waals surface area contributed by atoms with E-state index in [4.69, 9.17) is 0 Å². The van der Waals surface area contributed by atoms with Crippen molar-refractivity contribution < 1.29 is 9.90 Å². The van der Waals surface area contributed by atoms with Gasteiger partial charge in [-0.1, -0.05) is 13.8 Å². The number of rotatable bonds is 3. The second kappa shape index (κ2) is 5.04. The molecule has 1 aliphatic heterocycles. The first-order valence-electron chi connectivity index (χ1n) is 7.21. The van der Waals surface area contributed by atoms with Crippen LogP contribution >= 0.6 is 0 Å². The molecule has 0 spiro atoms. The lowest BCUT2D eigenvalue weighted by atomic mass is 9.64. The first kappa shape index (κ1) is 14.8. The van der Waals surface area contributed by atoms with E-state index in [0.29, 0.717) is 6.42 Å². The number of piperazine rings is 1. The van der Waals surface area contributed by atoms with E-state index in [-0.39, 0.29) is 23.5 Å². The fraction of sp³-hybridized carbons (Fsp3) is 0.929. The van der Waals surface area contributed by atoms with Gasteiger partial charge in [-0.25, -0.2) is 0 Å². The van der Waals surface area contributed by atoms with E-state index in [1.807, 2.05) is 27.7 Å². The van der Waals surface area contributed by atoms with Gasteiger partial charge >= 0.3 is 0 Å². The van der Waals surface area contributed by atoms with Crippen LogP contribution in [0.5, 0.6) is 0 Å². The number of hydrogen-bond donors (Lipinski definition) is 3. The van der Waals surface area contributed by atoms with Crippen molar-refractivity contribution in [3.05, 3.63) is 0 Å². The standard InChI is InChI=1S/C14H27N3O2/c1-13(2)10(9-11(13)18)16-12(19)14(3,4)17-7-5-15-6-8-17/h10-11,15,18H,5-9H2,1-4H3,(H,16,19). The van der Waals surface area contributed by atoms with Gasteiger partial charge < -0.3 is 15.7 Å². The molecule has 0 bridgehead atoms. The van der Waals surface area contributed by atoms with Gasteiger partial charge in [-0.2, -0.15) is 0 Å². The molecule has 3 N–H and O–H groups in total. The minimum atomic E-state index is -0.487. The molecule has 0 radical (unpaired) electrons. The van der Waals surface area contributed by atoms with E-state index in [9.17, 15) is 9.90 Å². The van der Waals surface area contributed by atoms with Crippen molar-refractivity contribution in [2.75, 3.05) is 26.2 Å². The largest absolute Gasteiger partial charge is 0.392 e. The van der Waals surface area contributed by atoms with Gasteiger partial charge in [0.05, 0.1) is 11.6 Å². The van der Waals surface area contributed by atoms with Crippen molar-refractivity contribution in [2.45, 2.75) is 51.8 Å². The van der Waals surface area contributed by atoms with Gasteiger partial charge in [-0.3, -0.25) is 9.69 Å². The Morgan fingerprint density at radius 3 is 2.42 bits per heavy atom. The van der Waals surface area contributed by atoms with Crippen LogP contribution in [0.15, 0.2) is 0 Å². The first-order valence-corrected chi connectivity index (χ1v) is 7.21. The molecule has 2 atom stereocenters. The summed E-state index contributed by atoms with van der Waals surface area (Å²) in [5, 5.41) is 16.2. The maximum absolute atomic E-state index is 12.5. The zero-order valence-corrected chi connectivity index (χ0v) is 12.5. The SMILES string of the molecule is CC1(C)C(O)CC1NC(=O)C(C)(C)N1CCNCC1. The number of nitrogens with zero attached hydrogens (tertiary/aromatic N) is 1. The Labute approximate surface area is 115 Å². The highest BCUT2D eigenvalue weighted by molar-refractivity contribution is 5.85. The third-order valence-electron chi connectivity index (χ3n) is 4.98. The molecule has 110 valence electrons. The molecule has 2 rings (SSSR count). The molecular weight excluding hydrogens is 242 g/mol. The number of aliphatic hydroxyl groups is 1. The lowest BCUT2D eigenvalue weighted by molar-refractivity contribution is -0.139. The summed E-state index contributed by atoms with van der Waals surface area (Å²) in [6, 6.07) is 0.0807. The van der Waals surface area contributed by atoms with E-state index in [0.717, 1.165) is 26.2 Å². The molecule has 19 heavy (non-hydrogen) atoms. The van der Waals surface area contributed by atoms with Crippen LogP contribution < -0.4 is 10.6 Å². The summed E-state index contributed by atoms with van der Waals surface area (Å²) in [4.78, 5) is 14.7. The minimum absolute atomic E-state index is 0.0689. The van der Waals surface area contributed by atoms with Crippen molar-refractivity contribution in [2.24, 2.45) is 5.41 Å². The van der Waals surface area contributed by atoms with E-state index < -0.39 is 5.54 Å². The third-order valence-corrected chi connectivity index (χ3v) is 4.98. The zero-order chi connectivity index (χ0) is 14.3. The summed E-state index contributed by atoms with van der Waals surface area (Å²) >= 11 is 0. The lowest BCUT2D eigenvalue weighted by Gasteiger charge is -2.51. The quantitative estimate of drug-likeness (QED) is 0.672. The van der Waals surface area contributed by atoms with Gasteiger partial charge in [0.1, 0.15) is 0 Å². The second-order valence-electron chi connectivity index (χ2n) is 6.89. The van der Waals surface area contributed by atoms with Gasteiger partial charge in [0.2, 0.25) is 5.91 Å². The van der Waals surface area contributed by atoms with Crippen LogP contribution in [0.2, 0.25) is 0 Å². The predicted octanol–water partition coefficient (Wildman–Crippen LogP) is -0.0542. The molecule has 2 fully saturated rings. The predicted molar refractivity (Wildman–Crippen MR) is 74.9 cm³/mol. The average molecular weight is 269 g/mol. The van der Waals surface area contributed by atoms with Crippen molar-refractivity contribution in [1.29, 1.82) is 0 Å². The first-order chi connectivity index (χ1) is 8.76. The van der Waals surface area contributed by atoms with Crippen LogP contribution in [-0.2, 0) is 4.79 Å². The minimum Gasteiger partial charge on any atom is -0.392 e.